The standard InChI is InChI=1S/C11H23NOS/c1-3-14-9-10(2)12-7-6-11-5-4-8-13-11/h10-12H,3-9H2,1-2H3. The molecule has 2 nitrogen and oxygen atoms in total. The van der Waals surface area contributed by atoms with Crippen molar-refractivity contribution in [2.45, 2.75) is 45.3 Å². The van der Waals surface area contributed by atoms with E-state index in [1.807, 2.05) is 11.8 Å². The third-order valence-corrected chi connectivity index (χ3v) is 3.70. The van der Waals surface area contributed by atoms with Gasteiger partial charge in [0.2, 0.25) is 0 Å². The predicted molar refractivity (Wildman–Crippen MR) is 64.1 cm³/mol. The Morgan fingerprint density at radius 3 is 3.07 bits per heavy atom. The van der Waals surface area contributed by atoms with Gasteiger partial charge in [-0.15, -0.1) is 0 Å². The molecule has 1 aliphatic heterocycles. The molecule has 1 fully saturated rings. The van der Waals surface area contributed by atoms with Crippen molar-refractivity contribution in [1.29, 1.82) is 0 Å². The van der Waals surface area contributed by atoms with Crippen molar-refractivity contribution in [3.05, 3.63) is 0 Å². The number of rotatable bonds is 7. The Balaban J connectivity index is 1.91. The lowest BCUT2D eigenvalue weighted by molar-refractivity contribution is 0.104. The molecule has 1 saturated heterocycles. The quantitative estimate of drug-likeness (QED) is 0.707. The highest BCUT2D eigenvalue weighted by molar-refractivity contribution is 7.99. The van der Waals surface area contributed by atoms with E-state index in [2.05, 4.69) is 19.2 Å². The van der Waals surface area contributed by atoms with Crippen LogP contribution in [0.4, 0.5) is 0 Å². The Morgan fingerprint density at radius 2 is 2.43 bits per heavy atom. The molecule has 0 aromatic rings. The highest BCUT2D eigenvalue weighted by Gasteiger charge is 2.14. The summed E-state index contributed by atoms with van der Waals surface area (Å²) in [5.74, 6) is 2.44. The lowest BCUT2D eigenvalue weighted by Gasteiger charge is -2.15. The second kappa shape index (κ2) is 7.55. The molecule has 1 N–H and O–H groups in total. The van der Waals surface area contributed by atoms with E-state index in [0.29, 0.717) is 12.1 Å². The molecule has 0 amide bonds. The summed E-state index contributed by atoms with van der Waals surface area (Å²) < 4.78 is 5.57. The summed E-state index contributed by atoms with van der Waals surface area (Å²) in [5.41, 5.74) is 0. The van der Waals surface area contributed by atoms with Gasteiger partial charge in [0, 0.05) is 18.4 Å². The van der Waals surface area contributed by atoms with E-state index in [0.717, 1.165) is 13.2 Å². The van der Waals surface area contributed by atoms with Gasteiger partial charge in [-0.1, -0.05) is 6.92 Å². The highest BCUT2D eigenvalue weighted by atomic mass is 32.2. The molecule has 1 rings (SSSR count). The van der Waals surface area contributed by atoms with Gasteiger partial charge in [0.15, 0.2) is 0 Å². The Kier molecular flexibility index (Phi) is 6.65. The third kappa shape index (κ3) is 5.23. The van der Waals surface area contributed by atoms with Crippen molar-refractivity contribution in [2.75, 3.05) is 24.7 Å². The summed E-state index contributed by atoms with van der Waals surface area (Å²) in [4.78, 5) is 0. The molecule has 0 spiro atoms. The molecule has 2 atom stereocenters. The maximum Gasteiger partial charge on any atom is 0.0588 e. The summed E-state index contributed by atoms with van der Waals surface area (Å²) in [6.07, 6.45) is 4.24. The molecule has 1 aliphatic rings. The fourth-order valence-corrected chi connectivity index (χ4v) is 2.42. The van der Waals surface area contributed by atoms with Crippen molar-refractivity contribution in [2.24, 2.45) is 0 Å². The van der Waals surface area contributed by atoms with E-state index in [-0.39, 0.29) is 0 Å². The van der Waals surface area contributed by atoms with Crippen molar-refractivity contribution < 1.29 is 4.74 Å². The van der Waals surface area contributed by atoms with Crippen LogP contribution in [0.15, 0.2) is 0 Å². The lowest BCUT2D eigenvalue weighted by Crippen LogP contribution is -2.31. The van der Waals surface area contributed by atoms with Crippen LogP contribution in [0.2, 0.25) is 0 Å². The lowest BCUT2D eigenvalue weighted by atomic mass is 10.2. The minimum Gasteiger partial charge on any atom is -0.378 e. The molecule has 84 valence electrons. The SMILES string of the molecule is CCSCC(C)NCCC1CCCO1. The van der Waals surface area contributed by atoms with Gasteiger partial charge in [-0.3, -0.25) is 0 Å². The first kappa shape index (κ1) is 12.3. The molecule has 0 radical (unpaired) electrons. The minimum absolute atomic E-state index is 0.536. The van der Waals surface area contributed by atoms with Crippen molar-refractivity contribution in [1.82, 2.24) is 5.32 Å². The number of hydrogen-bond donors (Lipinski definition) is 1. The van der Waals surface area contributed by atoms with Crippen LogP contribution in [0.1, 0.15) is 33.1 Å². The van der Waals surface area contributed by atoms with Gasteiger partial charge in [0.05, 0.1) is 6.10 Å². The largest absolute Gasteiger partial charge is 0.378 e. The van der Waals surface area contributed by atoms with Crippen LogP contribution in [-0.4, -0.2) is 36.8 Å². The Labute approximate surface area is 92.2 Å². The fourth-order valence-electron chi connectivity index (χ4n) is 1.72. The van der Waals surface area contributed by atoms with Crippen molar-refractivity contribution in [3.63, 3.8) is 0 Å². The second-order valence-corrected chi connectivity index (χ2v) is 5.26. The zero-order valence-electron chi connectivity index (χ0n) is 9.42. The van der Waals surface area contributed by atoms with Gasteiger partial charge in [0.1, 0.15) is 0 Å². The van der Waals surface area contributed by atoms with Crippen LogP contribution < -0.4 is 5.32 Å². The smallest absolute Gasteiger partial charge is 0.0588 e. The highest BCUT2D eigenvalue weighted by Crippen LogP contribution is 2.14. The fraction of sp³-hybridized carbons (Fsp3) is 1.00. The Bertz CT molecular complexity index is 137. The summed E-state index contributed by atoms with van der Waals surface area (Å²) in [5, 5.41) is 3.54. The molecule has 0 aromatic heterocycles. The van der Waals surface area contributed by atoms with Crippen molar-refractivity contribution in [3.8, 4) is 0 Å². The van der Waals surface area contributed by atoms with Crippen molar-refractivity contribution >= 4 is 11.8 Å². The van der Waals surface area contributed by atoms with Crippen LogP contribution >= 0.6 is 11.8 Å². The molecule has 14 heavy (non-hydrogen) atoms. The predicted octanol–water partition coefficient (Wildman–Crippen LogP) is 2.29. The molecule has 1 heterocycles. The van der Waals surface area contributed by atoms with Gasteiger partial charge in [-0.05, 0) is 38.5 Å². The summed E-state index contributed by atoms with van der Waals surface area (Å²) >= 11 is 2.01. The van der Waals surface area contributed by atoms with Gasteiger partial charge in [0.25, 0.3) is 0 Å². The summed E-state index contributed by atoms with van der Waals surface area (Å²) in [6, 6.07) is 0.640. The van der Waals surface area contributed by atoms with E-state index in [9.17, 15) is 0 Å². The average Bonchev–Trinajstić information content (AvgIpc) is 2.67. The van der Waals surface area contributed by atoms with Crippen LogP contribution in [0.3, 0.4) is 0 Å². The monoisotopic (exact) mass is 217 g/mol. The first-order valence-electron chi connectivity index (χ1n) is 5.75. The van der Waals surface area contributed by atoms with E-state index in [4.69, 9.17) is 4.74 Å². The first-order valence-corrected chi connectivity index (χ1v) is 6.91. The van der Waals surface area contributed by atoms with E-state index >= 15 is 0 Å². The first-order chi connectivity index (χ1) is 6.83. The maximum atomic E-state index is 5.57. The Hall–Kier alpha value is 0.270. The zero-order chi connectivity index (χ0) is 10.2. The maximum absolute atomic E-state index is 5.57. The molecular formula is C11H23NOS. The molecule has 0 aromatic carbocycles. The topological polar surface area (TPSA) is 21.3 Å². The van der Waals surface area contributed by atoms with Crippen LogP contribution in [0.25, 0.3) is 0 Å². The average molecular weight is 217 g/mol. The van der Waals surface area contributed by atoms with E-state index in [1.54, 1.807) is 0 Å². The van der Waals surface area contributed by atoms with Crippen LogP contribution in [0.5, 0.6) is 0 Å². The number of nitrogens with one attached hydrogen (secondary N) is 1. The van der Waals surface area contributed by atoms with Gasteiger partial charge in [-0.25, -0.2) is 0 Å². The number of thioether (sulfide) groups is 1. The Morgan fingerprint density at radius 1 is 1.57 bits per heavy atom. The van der Waals surface area contributed by atoms with Crippen LogP contribution in [0, 0.1) is 0 Å². The number of hydrogen-bond acceptors (Lipinski definition) is 3. The van der Waals surface area contributed by atoms with Gasteiger partial charge in [-0.2, -0.15) is 11.8 Å². The van der Waals surface area contributed by atoms with Crippen LogP contribution in [-0.2, 0) is 4.74 Å². The minimum atomic E-state index is 0.536. The van der Waals surface area contributed by atoms with Gasteiger partial charge >= 0.3 is 0 Å². The normalized spacial score (nSPS) is 24.0. The van der Waals surface area contributed by atoms with E-state index < -0.39 is 0 Å². The molecular weight excluding hydrogens is 194 g/mol. The second-order valence-electron chi connectivity index (χ2n) is 3.94. The molecule has 0 saturated carbocycles. The van der Waals surface area contributed by atoms with E-state index in [1.165, 1.54) is 30.8 Å². The number of ether oxygens (including phenoxy) is 1. The third-order valence-electron chi connectivity index (χ3n) is 2.56. The summed E-state index contributed by atoms with van der Waals surface area (Å²) in [6.45, 7) is 6.56. The van der Waals surface area contributed by atoms with Gasteiger partial charge < -0.3 is 10.1 Å². The summed E-state index contributed by atoms with van der Waals surface area (Å²) in [7, 11) is 0. The molecule has 2 unspecified atom stereocenters. The molecule has 0 aliphatic carbocycles. The zero-order valence-corrected chi connectivity index (χ0v) is 10.2. The molecule has 0 bridgehead atoms. The molecule has 3 heteroatoms.